The Balaban J connectivity index is 2.04. The summed E-state index contributed by atoms with van der Waals surface area (Å²) in [7, 11) is 0. The Morgan fingerprint density at radius 3 is 2.73 bits per heavy atom. The van der Waals surface area contributed by atoms with Gasteiger partial charge in [0.25, 0.3) is 0 Å². The van der Waals surface area contributed by atoms with E-state index in [4.69, 9.17) is 15.2 Å². The second kappa shape index (κ2) is 3.74. The fourth-order valence-electron chi connectivity index (χ4n) is 1.56. The molecule has 0 amide bonds. The summed E-state index contributed by atoms with van der Waals surface area (Å²) in [5.41, 5.74) is 7.07. The Hall–Kier alpha value is -1.22. The summed E-state index contributed by atoms with van der Waals surface area (Å²) >= 11 is 0. The lowest BCUT2D eigenvalue weighted by Gasteiger charge is -2.17. The summed E-state index contributed by atoms with van der Waals surface area (Å²) in [5, 5.41) is 0. The average molecular weight is 207 g/mol. The van der Waals surface area contributed by atoms with E-state index in [1.165, 1.54) is 5.56 Å². The van der Waals surface area contributed by atoms with Crippen LogP contribution in [0, 0.1) is 0 Å². The van der Waals surface area contributed by atoms with Gasteiger partial charge in [0, 0.05) is 5.54 Å². The van der Waals surface area contributed by atoms with E-state index in [0.717, 1.165) is 24.3 Å². The van der Waals surface area contributed by atoms with Crippen LogP contribution in [0.2, 0.25) is 0 Å². The Bertz CT molecular complexity index is 355. The third kappa shape index (κ3) is 2.63. The van der Waals surface area contributed by atoms with Crippen LogP contribution in [0.3, 0.4) is 0 Å². The molecule has 0 aliphatic carbocycles. The molecule has 0 spiro atoms. The van der Waals surface area contributed by atoms with Crippen molar-refractivity contribution in [1.29, 1.82) is 0 Å². The molecule has 0 saturated heterocycles. The van der Waals surface area contributed by atoms with Crippen LogP contribution < -0.4 is 15.2 Å². The first-order valence-electron chi connectivity index (χ1n) is 5.22. The van der Waals surface area contributed by atoms with Gasteiger partial charge in [-0.15, -0.1) is 0 Å². The molecular formula is C12H17NO2. The standard InChI is InChI=1S/C12H17NO2/c1-12(2,13)6-5-9-3-4-10-11(7-9)15-8-14-10/h3-4,7H,5-6,8,13H2,1-2H3. The highest BCUT2D eigenvalue weighted by atomic mass is 16.7. The van der Waals surface area contributed by atoms with Gasteiger partial charge < -0.3 is 15.2 Å². The van der Waals surface area contributed by atoms with E-state index in [1.54, 1.807) is 0 Å². The van der Waals surface area contributed by atoms with Crippen LogP contribution in [0.15, 0.2) is 18.2 Å². The number of hydrogen-bond donors (Lipinski definition) is 1. The lowest BCUT2D eigenvalue weighted by molar-refractivity contribution is 0.174. The van der Waals surface area contributed by atoms with E-state index in [9.17, 15) is 0 Å². The molecule has 2 rings (SSSR count). The zero-order valence-electron chi connectivity index (χ0n) is 9.25. The first-order valence-corrected chi connectivity index (χ1v) is 5.22. The van der Waals surface area contributed by atoms with Crippen molar-refractivity contribution in [2.45, 2.75) is 32.2 Å². The van der Waals surface area contributed by atoms with E-state index in [-0.39, 0.29) is 5.54 Å². The Kier molecular flexibility index (Phi) is 2.57. The number of aryl methyl sites for hydroxylation is 1. The van der Waals surface area contributed by atoms with Crippen LogP contribution in [0.5, 0.6) is 11.5 Å². The van der Waals surface area contributed by atoms with Gasteiger partial charge in [-0.25, -0.2) is 0 Å². The monoisotopic (exact) mass is 207 g/mol. The van der Waals surface area contributed by atoms with Crippen LogP contribution in [-0.2, 0) is 6.42 Å². The lowest BCUT2D eigenvalue weighted by Crippen LogP contribution is -2.32. The molecule has 1 aliphatic rings. The number of fused-ring (bicyclic) bond motifs is 1. The fourth-order valence-corrected chi connectivity index (χ4v) is 1.56. The molecule has 0 unspecified atom stereocenters. The molecule has 1 aromatic rings. The molecule has 82 valence electrons. The molecule has 0 bridgehead atoms. The van der Waals surface area contributed by atoms with Gasteiger partial charge in [-0.1, -0.05) is 6.07 Å². The second-order valence-corrected chi connectivity index (χ2v) is 4.68. The van der Waals surface area contributed by atoms with Crippen molar-refractivity contribution in [2.24, 2.45) is 5.73 Å². The molecule has 0 saturated carbocycles. The summed E-state index contributed by atoms with van der Waals surface area (Å²) in [4.78, 5) is 0. The third-order valence-electron chi connectivity index (χ3n) is 2.49. The average Bonchev–Trinajstić information content (AvgIpc) is 2.60. The van der Waals surface area contributed by atoms with E-state index >= 15 is 0 Å². The summed E-state index contributed by atoms with van der Waals surface area (Å²) in [6.07, 6.45) is 1.94. The van der Waals surface area contributed by atoms with Crippen LogP contribution in [0.1, 0.15) is 25.8 Å². The van der Waals surface area contributed by atoms with Gasteiger partial charge in [0.2, 0.25) is 6.79 Å². The van der Waals surface area contributed by atoms with Crippen LogP contribution in [0.25, 0.3) is 0 Å². The van der Waals surface area contributed by atoms with Crippen molar-refractivity contribution in [1.82, 2.24) is 0 Å². The van der Waals surface area contributed by atoms with Gasteiger partial charge in [-0.2, -0.15) is 0 Å². The zero-order chi connectivity index (χ0) is 10.9. The van der Waals surface area contributed by atoms with Crippen molar-refractivity contribution in [3.05, 3.63) is 23.8 Å². The summed E-state index contributed by atoms with van der Waals surface area (Å²) < 4.78 is 10.6. The Morgan fingerprint density at radius 1 is 1.27 bits per heavy atom. The molecule has 0 aromatic heterocycles. The number of ether oxygens (including phenoxy) is 2. The van der Waals surface area contributed by atoms with E-state index in [0.29, 0.717) is 6.79 Å². The van der Waals surface area contributed by atoms with Gasteiger partial charge in [-0.05, 0) is 44.4 Å². The number of rotatable bonds is 3. The van der Waals surface area contributed by atoms with Gasteiger partial charge >= 0.3 is 0 Å². The highest BCUT2D eigenvalue weighted by Crippen LogP contribution is 2.32. The zero-order valence-corrected chi connectivity index (χ0v) is 9.25. The van der Waals surface area contributed by atoms with Crippen LogP contribution in [0.4, 0.5) is 0 Å². The molecule has 1 aliphatic heterocycles. The minimum Gasteiger partial charge on any atom is -0.454 e. The van der Waals surface area contributed by atoms with Gasteiger partial charge in [0.05, 0.1) is 0 Å². The van der Waals surface area contributed by atoms with E-state index in [2.05, 4.69) is 6.07 Å². The minimum absolute atomic E-state index is 0.115. The lowest BCUT2D eigenvalue weighted by atomic mass is 9.96. The molecule has 3 nitrogen and oxygen atoms in total. The molecule has 0 radical (unpaired) electrons. The molecule has 15 heavy (non-hydrogen) atoms. The topological polar surface area (TPSA) is 44.5 Å². The number of nitrogens with two attached hydrogens (primary N) is 1. The van der Waals surface area contributed by atoms with Crippen molar-refractivity contribution in [3.8, 4) is 11.5 Å². The fraction of sp³-hybridized carbons (Fsp3) is 0.500. The first kappa shape index (κ1) is 10.3. The molecule has 1 aromatic carbocycles. The third-order valence-corrected chi connectivity index (χ3v) is 2.49. The highest BCUT2D eigenvalue weighted by molar-refractivity contribution is 5.44. The Labute approximate surface area is 90.2 Å². The predicted octanol–water partition coefficient (Wildman–Crippen LogP) is 2.09. The summed E-state index contributed by atoms with van der Waals surface area (Å²) in [5.74, 6) is 1.69. The second-order valence-electron chi connectivity index (χ2n) is 4.68. The highest BCUT2D eigenvalue weighted by Gasteiger charge is 2.15. The maximum absolute atomic E-state index is 5.94. The van der Waals surface area contributed by atoms with Gasteiger partial charge in [0.15, 0.2) is 11.5 Å². The first-order chi connectivity index (χ1) is 7.04. The summed E-state index contributed by atoms with van der Waals surface area (Å²) in [6, 6.07) is 6.06. The van der Waals surface area contributed by atoms with Crippen molar-refractivity contribution in [3.63, 3.8) is 0 Å². The van der Waals surface area contributed by atoms with Crippen LogP contribution >= 0.6 is 0 Å². The Morgan fingerprint density at radius 2 is 2.00 bits per heavy atom. The molecule has 3 heteroatoms. The van der Waals surface area contributed by atoms with Crippen molar-refractivity contribution < 1.29 is 9.47 Å². The van der Waals surface area contributed by atoms with E-state index in [1.807, 2.05) is 26.0 Å². The van der Waals surface area contributed by atoms with Crippen LogP contribution in [-0.4, -0.2) is 12.3 Å². The van der Waals surface area contributed by atoms with Gasteiger partial charge in [-0.3, -0.25) is 0 Å². The normalized spacial score (nSPS) is 14.3. The SMILES string of the molecule is CC(C)(N)CCc1ccc2c(c1)OCO2. The molecule has 2 N–H and O–H groups in total. The quantitative estimate of drug-likeness (QED) is 0.825. The molecule has 1 heterocycles. The molecule has 0 atom stereocenters. The van der Waals surface area contributed by atoms with Crippen molar-refractivity contribution in [2.75, 3.05) is 6.79 Å². The van der Waals surface area contributed by atoms with E-state index < -0.39 is 0 Å². The summed E-state index contributed by atoms with van der Waals surface area (Å²) in [6.45, 7) is 4.42. The maximum atomic E-state index is 5.94. The number of hydrogen-bond acceptors (Lipinski definition) is 3. The molecule has 0 fully saturated rings. The smallest absolute Gasteiger partial charge is 0.231 e. The van der Waals surface area contributed by atoms with Gasteiger partial charge in [0.1, 0.15) is 0 Å². The maximum Gasteiger partial charge on any atom is 0.231 e. The minimum atomic E-state index is -0.115. The predicted molar refractivity (Wildman–Crippen MR) is 59.2 cm³/mol. The number of benzene rings is 1. The molecular weight excluding hydrogens is 190 g/mol. The largest absolute Gasteiger partial charge is 0.454 e. The van der Waals surface area contributed by atoms with Crippen molar-refractivity contribution >= 4 is 0 Å².